The predicted molar refractivity (Wildman–Crippen MR) is 164 cm³/mol. The average molecular weight is 607 g/mol. The van der Waals surface area contributed by atoms with E-state index < -0.39 is 24.3 Å². The van der Waals surface area contributed by atoms with Crippen LogP contribution in [0.15, 0.2) is 36.4 Å². The number of ether oxygens (including phenoxy) is 3. The fourth-order valence-electron chi connectivity index (χ4n) is 7.38. The third-order valence-electron chi connectivity index (χ3n) is 9.62. The number of aromatic nitrogens is 2. The van der Waals surface area contributed by atoms with Gasteiger partial charge in [0, 0.05) is 61.9 Å². The fraction of sp³-hybridized carbons (Fsp3) is 0.531. The third-order valence-corrected chi connectivity index (χ3v) is 9.62. The van der Waals surface area contributed by atoms with Crippen molar-refractivity contribution in [1.82, 2.24) is 19.8 Å². The van der Waals surface area contributed by atoms with Gasteiger partial charge in [0.15, 0.2) is 6.79 Å². The van der Waals surface area contributed by atoms with E-state index in [9.17, 15) is 14.3 Å². The van der Waals surface area contributed by atoms with Gasteiger partial charge in [0.1, 0.15) is 24.3 Å². The second-order valence-corrected chi connectivity index (χ2v) is 12.3. The lowest BCUT2D eigenvalue weighted by molar-refractivity contribution is 0.0512. The number of likely N-dealkylation sites (tertiary alicyclic amines) is 1. The first-order chi connectivity index (χ1) is 21.4. The molecule has 2 bridgehead atoms. The molecule has 44 heavy (non-hydrogen) atoms. The van der Waals surface area contributed by atoms with Crippen LogP contribution in [0.1, 0.15) is 30.5 Å². The van der Waals surface area contributed by atoms with Gasteiger partial charge in [0.05, 0.1) is 24.3 Å². The molecule has 0 saturated carbocycles. The summed E-state index contributed by atoms with van der Waals surface area (Å²) in [6.45, 7) is 3.60. The maximum Gasteiger partial charge on any atom is 0.408 e. The molecule has 0 radical (unpaired) electrons. The molecule has 7 rings (SSSR count). The highest BCUT2D eigenvalue weighted by Crippen LogP contribution is 2.39. The second-order valence-electron chi connectivity index (χ2n) is 12.3. The molecule has 5 heterocycles. The molecule has 0 aliphatic carbocycles. The molecule has 234 valence electrons. The van der Waals surface area contributed by atoms with Crippen molar-refractivity contribution in [3.05, 3.63) is 47.7 Å². The maximum absolute atomic E-state index is 15.0. The largest absolute Gasteiger partial charge is 0.467 e. The van der Waals surface area contributed by atoms with Gasteiger partial charge in [-0.2, -0.15) is 9.97 Å². The summed E-state index contributed by atoms with van der Waals surface area (Å²) < 4.78 is 32.2. The van der Waals surface area contributed by atoms with Crippen LogP contribution in [0, 0.1) is 0 Å². The number of fused-ring (bicyclic) bond motifs is 4. The van der Waals surface area contributed by atoms with Crippen molar-refractivity contribution in [2.24, 2.45) is 0 Å². The third kappa shape index (κ3) is 5.34. The van der Waals surface area contributed by atoms with Gasteiger partial charge < -0.3 is 34.0 Å². The van der Waals surface area contributed by atoms with Gasteiger partial charge in [-0.05, 0) is 44.3 Å². The van der Waals surface area contributed by atoms with Crippen molar-refractivity contribution in [1.29, 1.82) is 0 Å². The number of benzene rings is 2. The van der Waals surface area contributed by atoms with E-state index in [1.165, 1.54) is 4.90 Å². The summed E-state index contributed by atoms with van der Waals surface area (Å²) in [6.07, 6.45) is 0.840. The highest BCUT2D eigenvalue weighted by atomic mass is 19.1. The Bertz CT molecular complexity index is 1540. The zero-order valence-corrected chi connectivity index (χ0v) is 25.2. The van der Waals surface area contributed by atoms with E-state index in [1.807, 2.05) is 24.3 Å². The molecule has 1 N–H and O–H groups in total. The Morgan fingerprint density at radius 2 is 1.98 bits per heavy atom. The average Bonchev–Trinajstić information content (AvgIpc) is 3.53. The molecule has 11 nitrogen and oxygen atoms in total. The molecule has 1 aromatic heterocycles. The van der Waals surface area contributed by atoms with Crippen molar-refractivity contribution < 1.29 is 28.5 Å². The number of nitrogens with zero attached hydrogens (tertiary/aromatic N) is 6. The minimum Gasteiger partial charge on any atom is -0.467 e. The van der Waals surface area contributed by atoms with E-state index in [0.29, 0.717) is 38.2 Å². The minimum absolute atomic E-state index is 0.158. The van der Waals surface area contributed by atoms with Crippen molar-refractivity contribution in [2.75, 3.05) is 63.5 Å². The molecule has 12 heteroatoms. The second kappa shape index (κ2) is 11.9. The fourth-order valence-corrected chi connectivity index (χ4v) is 7.38. The van der Waals surface area contributed by atoms with Gasteiger partial charge in [0.25, 0.3) is 0 Å². The standard InChI is InChI=1S/C32H39FN6O5/c1-36-10-5-7-21(36)18-43-31-34-27-16-37(28-14-23(44-19-42-2)12-20-6-3-4-8-24(20)28)11-9-25(27)30(35-31)38-15-22-13-26(33)29(17-38)39(22)32(40)41/h3-4,6,8,12,14,21-22,26,29H,5,7,9-11,13,15-19H2,1-2H3,(H,40,41)/t21?,22-,26-,29-/m1/s1. The lowest BCUT2D eigenvalue weighted by Gasteiger charge is -2.41. The summed E-state index contributed by atoms with van der Waals surface area (Å²) in [5, 5.41) is 12.0. The predicted octanol–water partition coefficient (Wildman–Crippen LogP) is 3.93. The number of anilines is 2. The Labute approximate surface area is 256 Å². The number of alkyl halides is 1. The number of methoxy groups -OCH3 is 1. The van der Waals surface area contributed by atoms with Gasteiger partial charge in [-0.25, -0.2) is 9.18 Å². The minimum atomic E-state index is -1.19. The molecule has 1 unspecified atom stereocenters. The van der Waals surface area contributed by atoms with Crippen molar-refractivity contribution in [3.8, 4) is 11.8 Å². The molecule has 0 spiro atoms. The van der Waals surface area contributed by atoms with E-state index in [1.54, 1.807) is 7.11 Å². The highest BCUT2D eigenvalue weighted by molar-refractivity contribution is 5.95. The van der Waals surface area contributed by atoms with E-state index in [4.69, 9.17) is 24.2 Å². The van der Waals surface area contributed by atoms with Gasteiger partial charge in [-0.1, -0.05) is 24.3 Å². The Morgan fingerprint density at radius 1 is 1.11 bits per heavy atom. The summed E-state index contributed by atoms with van der Waals surface area (Å²) in [4.78, 5) is 29.8. The van der Waals surface area contributed by atoms with Crippen LogP contribution in [0.3, 0.4) is 0 Å². The monoisotopic (exact) mass is 606 g/mol. The van der Waals surface area contributed by atoms with E-state index in [2.05, 4.69) is 33.9 Å². The van der Waals surface area contributed by atoms with Crippen molar-refractivity contribution in [2.45, 2.75) is 56.5 Å². The number of carboxylic acid groups (broad SMARTS) is 1. The first-order valence-electron chi connectivity index (χ1n) is 15.4. The van der Waals surface area contributed by atoms with E-state index in [-0.39, 0.29) is 19.8 Å². The highest BCUT2D eigenvalue weighted by Gasteiger charge is 2.50. The summed E-state index contributed by atoms with van der Waals surface area (Å²) in [5.41, 5.74) is 2.93. The van der Waals surface area contributed by atoms with Crippen LogP contribution in [-0.4, -0.2) is 109 Å². The molecule has 3 fully saturated rings. The maximum atomic E-state index is 15.0. The first-order valence-corrected chi connectivity index (χ1v) is 15.4. The van der Waals surface area contributed by atoms with Crippen LogP contribution in [0.2, 0.25) is 0 Å². The molecule has 1 amide bonds. The molecular weight excluding hydrogens is 567 g/mol. The number of amides is 1. The van der Waals surface area contributed by atoms with Crippen LogP contribution >= 0.6 is 0 Å². The lowest BCUT2D eigenvalue weighted by Crippen LogP contribution is -2.57. The zero-order chi connectivity index (χ0) is 30.4. The summed E-state index contributed by atoms with van der Waals surface area (Å²) in [5.74, 6) is 1.47. The number of carbonyl (C=O) groups is 1. The smallest absolute Gasteiger partial charge is 0.408 e. The number of likely N-dealkylation sites (N-methyl/N-ethyl adjacent to an activating group) is 1. The Balaban J connectivity index is 1.23. The van der Waals surface area contributed by atoms with Gasteiger partial charge in [0.2, 0.25) is 0 Å². The topological polar surface area (TPSA) is 104 Å². The van der Waals surface area contributed by atoms with Crippen LogP contribution in [0.4, 0.5) is 20.7 Å². The molecule has 4 aliphatic rings. The zero-order valence-electron chi connectivity index (χ0n) is 25.2. The molecule has 3 saturated heterocycles. The van der Waals surface area contributed by atoms with E-state index in [0.717, 1.165) is 65.2 Å². The molecule has 4 aliphatic heterocycles. The van der Waals surface area contributed by atoms with Crippen LogP contribution in [0.25, 0.3) is 10.8 Å². The van der Waals surface area contributed by atoms with Crippen LogP contribution in [0.5, 0.6) is 11.8 Å². The van der Waals surface area contributed by atoms with Crippen LogP contribution in [-0.2, 0) is 17.7 Å². The quantitative estimate of drug-likeness (QED) is 0.380. The molecule has 2 aromatic carbocycles. The first kappa shape index (κ1) is 28.8. The Morgan fingerprint density at radius 3 is 2.75 bits per heavy atom. The molecule has 4 atom stereocenters. The van der Waals surface area contributed by atoms with Gasteiger partial charge >= 0.3 is 12.1 Å². The Hall–Kier alpha value is -3.90. The van der Waals surface area contributed by atoms with Gasteiger partial charge in [-0.15, -0.1) is 0 Å². The van der Waals surface area contributed by atoms with Crippen molar-refractivity contribution >= 4 is 28.4 Å². The van der Waals surface area contributed by atoms with Crippen molar-refractivity contribution in [3.63, 3.8) is 0 Å². The van der Waals surface area contributed by atoms with E-state index >= 15 is 0 Å². The lowest BCUT2D eigenvalue weighted by atomic mass is 10.0. The normalized spacial score (nSPS) is 25.0. The molecular formula is C32H39FN6O5. The van der Waals surface area contributed by atoms with Gasteiger partial charge in [-0.3, -0.25) is 4.90 Å². The summed E-state index contributed by atoms with van der Waals surface area (Å²) in [6, 6.07) is 11.8. The number of piperazine rings is 1. The summed E-state index contributed by atoms with van der Waals surface area (Å²) in [7, 11) is 3.71. The SMILES string of the molecule is COCOc1cc(N2CCc3c(nc(OCC4CCCN4C)nc3N3C[C@H]4C[C@@H](F)[C@@H](C3)N4C(=O)O)C2)c2ccccc2c1. The Kier molecular flexibility index (Phi) is 7.79. The number of rotatable bonds is 8. The summed E-state index contributed by atoms with van der Waals surface area (Å²) >= 11 is 0. The molecule has 3 aromatic rings. The number of hydrogen-bond donors (Lipinski definition) is 1. The van der Waals surface area contributed by atoms with Crippen LogP contribution < -0.4 is 19.3 Å². The number of hydrogen-bond acceptors (Lipinski definition) is 9. The number of halogens is 1.